The second kappa shape index (κ2) is 6.17. The number of rotatable bonds is 3. The van der Waals surface area contributed by atoms with Crippen LogP contribution in [0.3, 0.4) is 0 Å². The van der Waals surface area contributed by atoms with Crippen molar-refractivity contribution in [3.05, 3.63) is 69.7 Å². The Kier molecular flexibility index (Phi) is 4.29. The van der Waals surface area contributed by atoms with Gasteiger partial charge in [0.25, 0.3) is 0 Å². The molecule has 0 spiro atoms. The van der Waals surface area contributed by atoms with Crippen LogP contribution < -0.4 is 0 Å². The molecule has 20 heavy (non-hydrogen) atoms. The number of nitrogens with zero attached hydrogens (tertiary/aromatic N) is 1. The molecule has 0 aliphatic rings. The number of halogens is 2. The first-order chi connectivity index (χ1) is 9.70. The Morgan fingerprint density at radius 1 is 1.00 bits per heavy atom. The Bertz CT molecular complexity index is 743. The van der Waals surface area contributed by atoms with E-state index in [1.165, 1.54) is 5.56 Å². The number of thioether (sulfide) groups is 1. The summed E-state index contributed by atoms with van der Waals surface area (Å²) in [5.41, 5.74) is 2.27. The molecule has 0 aliphatic heterocycles. The van der Waals surface area contributed by atoms with Gasteiger partial charge in [-0.05, 0) is 42.0 Å². The number of benzene rings is 2. The molecular weight excluding hydrogens is 354 g/mol. The van der Waals surface area contributed by atoms with E-state index in [0.717, 1.165) is 31.2 Å². The van der Waals surface area contributed by atoms with Crippen molar-refractivity contribution in [2.75, 3.05) is 0 Å². The summed E-state index contributed by atoms with van der Waals surface area (Å²) in [5, 5.41) is 2.85. The summed E-state index contributed by atoms with van der Waals surface area (Å²) in [6.07, 6.45) is 0. The van der Waals surface area contributed by atoms with E-state index in [1.807, 2.05) is 24.3 Å². The molecule has 0 unspecified atom stereocenters. The molecule has 0 radical (unpaired) electrons. The van der Waals surface area contributed by atoms with E-state index in [9.17, 15) is 0 Å². The lowest BCUT2D eigenvalue weighted by atomic mass is 10.2. The standard InChI is InChI=1S/C16H11BrClNS/c17-13-4-1-11(2-5-13)10-20-16-8-3-12-9-14(18)6-7-15(12)19-16/h1-9H,10H2. The SMILES string of the molecule is Clc1ccc2nc(SCc3ccc(Br)cc3)ccc2c1. The molecule has 2 aromatic carbocycles. The van der Waals surface area contributed by atoms with Crippen LogP contribution in [0.25, 0.3) is 10.9 Å². The van der Waals surface area contributed by atoms with Gasteiger partial charge in [-0.3, -0.25) is 0 Å². The summed E-state index contributed by atoms with van der Waals surface area (Å²) in [7, 11) is 0. The van der Waals surface area contributed by atoms with Crippen molar-refractivity contribution in [3.63, 3.8) is 0 Å². The monoisotopic (exact) mass is 363 g/mol. The molecule has 0 aliphatic carbocycles. The maximum Gasteiger partial charge on any atom is 0.0970 e. The third-order valence-electron chi connectivity index (χ3n) is 2.93. The van der Waals surface area contributed by atoms with Crippen LogP contribution in [0.15, 0.2) is 64.1 Å². The minimum absolute atomic E-state index is 0.745. The van der Waals surface area contributed by atoms with Crippen molar-refractivity contribution in [2.24, 2.45) is 0 Å². The molecule has 1 heterocycles. The third-order valence-corrected chi connectivity index (χ3v) is 4.69. The number of fused-ring (bicyclic) bond motifs is 1. The first-order valence-corrected chi connectivity index (χ1v) is 8.30. The van der Waals surface area contributed by atoms with Gasteiger partial charge >= 0.3 is 0 Å². The zero-order valence-electron chi connectivity index (χ0n) is 10.5. The lowest BCUT2D eigenvalue weighted by Gasteiger charge is -2.04. The first kappa shape index (κ1) is 13.9. The maximum absolute atomic E-state index is 5.98. The van der Waals surface area contributed by atoms with Crippen LogP contribution in [0.4, 0.5) is 0 Å². The molecule has 0 amide bonds. The van der Waals surface area contributed by atoms with Gasteiger partial charge in [0.2, 0.25) is 0 Å². The van der Waals surface area contributed by atoms with Crippen LogP contribution in [-0.4, -0.2) is 4.98 Å². The maximum atomic E-state index is 5.98. The van der Waals surface area contributed by atoms with E-state index in [4.69, 9.17) is 11.6 Å². The minimum atomic E-state index is 0.745. The van der Waals surface area contributed by atoms with E-state index < -0.39 is 0 Å². The smallest absolute Gasteiger partial charge is 0.0970 e. The fourth-order valence-electron chi connectivity index (χ4n) is 1.90. The molecule has 1 aromatic heterocycles. The summed E-state index contributed by atoms with van der Waals surface area (Å²) < 4.78 is 1.10. The van der Waals surface area contributed by atoms with Gasteiger partial charge in [0.15, 0.2) is 0 Å². The Morgan fingerprint density at radius 2 is 1.80 bits per heavy atom. The van der Waals surface area contributed by atoms with Gasteiger partial charge in [-0.15, -0.1) is 11.8 Å². The highest BCUT2D eigenvalue weighted by Gasteiger charge is 2.01. The van der Waals surface area contributed by atoms with Crippen molar-refractivity contribution < 1.29 is 0 Å². The number of pyridine rings is 1. The Morgan fingerprint density at radius 3 is 2.60 bits per heavy atom. The van der Waals surface area contributed by atoms with Gasteiger partial charge in [0, 0.05) is 20.6 Å². The van der Waals surface area contributed by atoms with Gasteiger partial charge in [0.05, 0.1) is 10.5 Å². The molecule has 0 atom stereocenters. The van der Waals surface area contributed by atoms with E-state index in [0.29, 0.717) is 0 Å². The third kappa shape index (κ3) is 3.35. The van der Waals surface area contributed by atoms with E-state index >= 15 is 0 Å². The zero-order valence-corrected chi connectivity index (χ0v) is 13.7. The predicted molar refractivity (Wildman–Crippen MR) is 90.5 cm³/mol. The minimum Gasteiger partial charge on any atom is -0.241 e. The predicted octanol–water partition coefficient (Wildman–Crippen LogP) is 5.94. The first-order valence-electron chi connectivity index (χ1n) is 6.14. The fraction of sp³-hybridized carbons (Fsp3) is 0.0625. The van der Waals surface area contributed by atoms with Crippen LogP contribution >= 0.6 is 39.3 Å². The van der Waals surface area contributed by atoms with Gasteiger partial charge in [-0.2, -0.15) is 0 Å². The molecule has 0 saturated heterocycles. The largest absolute Gasteiger partial charge is 0.241 e. The normalized spacial score (nSPS) is 10.9. The van der Waals surface area contributed by atoms with Crippen molar-refractivity contribution >= 4 is 50.2 Å². The van der Waals surface area contributed by atoms with Crippen LogP contribution in [0.2, 0.25) is 5.02 Å². The lowest BCUT2D eigenvalue weighted by molar-refractivity contribution is 1.18. The van der Waals surface area contributed by atoms with Gasteiger partial charge in [-0.1, -0.05) is 45.7 Å². The highest BCUT2D eigenvalue weighted by molar-refractivity contribution is 9.10. The van der Waals surface area contributed by atoms with Crippen molar-refractivity contribution in [2.45, 2.75) is 10.8 Å². The summed E-state index contributed by atoms with van der Waals surface area (Å²) in [4.78, 5) is 4.64. The van der Waals surface area contributed by atoms with Gasteiger partial charge < -0.3 is 0 Å². The second-order valence-corrected chi connectivity index (χ2v) is 6.75. The molecule has 4 heteroatoms. The second-order valence-electron chi connectivity index (χ2n) is 4.40. The molecule has 0 N–H and O–H groups in total. The number of aromatic nitrogens is 1. The highest BCUT2D eigenvalue weighted by Crippen LogP contribution is 2.25. The topological polar surface area (TPSA) is 12.9 Å². The Balaban J connectivity index is 1.77. The molecule has 1 nitrogen and oxygen atoms in total. The van der Waals surface area contributed by atoms with E-state index in [1.54, 1.807) is 11.8 Å². The van der Waals surface area contributed by atoms with Crippen LogP contribution in [0.1, 0.15) is 5.56 Å². The molecule has 0 fully saturated rings. The van der Waals surface area contributed by atoms with Gasteiger partial charge in [0.1, 0.15) is 0 Å². The zero-order chi connectivity index (χ0) is 13.9. The van der Waals surface area contributed by atoms with Crippen LogP contribution in [-0.2, 0) is 5.75 Å². The molecule has 3 rings (SSSR count). The molecule has 0 bridgehead atoms. The quantitative estimate of drug-likeness (QED) is 0.533. The Hall–Kier alpha value is -1.03. The lowest BCUT2D eigenvalue weighted by Crippen LogP contribution is -1.85. The van der Waals surface area contributed by atoms with Crippen molar-refractivity contribution in [3.8, 4) is 0 Å². The molecule has 0 saturated carbocycles. The average molecular weight is 365 g/mol. The summed E-state index contributed by atoms with van der Waals surface area (Å²) >= 11 is 11.2. The number of hydrogen-bond acceptors (Lipinski definition) is 2. The Labute approximate surface area is 135 Å². The van der Waals surface area contributed by atoms with Crippen LogP contribution in [0.5, 0.6) is 0 Å². The molecule has 3 aromatic rings. The van der Waals surface area contributed by atoms with E-state index in [2.05, 4.69) is 51.2 Å². The van der Waals surface area contributed by atoms with Crippen molar-refractivity contribution in [1.29, 1.82) is 0 Å². The summed E-state index contributed by atoms with van der Waals surface area (Å²) in [6, 6.07) is 18.3. The summed E-state index contributed by atoms with van der Waals surface area (Å²) in [5.74, 6) is 0.916. The van der Waals surface area contributed by atoms with E-state index in [-0.39, 0.29) is 0 Å². The summed E-state index contributed by atoms with van der Waals surface area (Å²) in [6.45, 7) is 0. The fourth-order valence-corrected chi connectivity index (χ4v) is 3.18. The van der Waals surface area contributed by atoms with Crippen LogP contribution in [0, 0.1) is 0 Å². The molecule has 100 valence electrons. The molecular formula is C16H11BrClNS. The van der Waals surface area contributed by atoms with Crippen molar-refractivity contribution in [1.82, 2.24) is 4.98 Å². The van der Waals surface area contributed by atoms with Gasteiger partial charge in [-0.25, -0.2) is 4.98 Å². The number of hydrogen-bond donors (Lipinski definition) is 0. The average Bonchev–Trinajstić information content (AvgIpc) is 2.46. The highest BCUT2D eigenvalue weighted by atomic mass is 79.9.